The molecule has 4 heteroatoms. The van der Waals surface area contributed by atoms with E-state index in [4.69, 9.17) is 0 Å². The summed E-state index contributed by atoms with van der Waals surface area (Å²) >= 11 is 0. The van der Waals surface area contributed by atoms with E-state index in [2.05, 4.69) is 21.7 Å². The summed E-state index contributed by atoms with van der Waals surface area (Å²) in [6.45, 7) is 2.73. The van der Waals surface area contributed by atoms with Crippen LogP contribution in [0.25, 0.3) is 0 Å². The molecule has 120 valence electrons. The highest BCUT2D eigenvalue weighted by atomic mass is 16.1. The molecule has 2 aromatic rings. The fourth-order valence-corrected chi connectivity index (χ4v) is 3.04. The van der Waals surface area contributed by atoms with E-state index in [1.807, 2.05) is 36.5 Å². The van der Waals surface area contributed by atoms with E-state index < -0.39 is 0 Å². The molecule has 1 fully saturated rings. The maximum atomic E-state index is 12.3. The fraction of sp³-hybridized carbons (Fsp3) is 0.368. The van der Waals surface area contributed by atoms with Gasteiger partial charge in [0.1, 0.15) is 0 Å². The lowest BCUT2D eigenvalue weighted by atomic mass is 9.90. The van der Waals surface area contributed by atoms with Crippen LogP contribution in [0.3, 0.4) is 0 Å². The van der Waals surface area contributed by atoms with Crippen molar-refractivity contribution in [2.24, 2.45) is 0 Å². The average molecular weight is 309 g/mol. The summed E-state index contributed by atoms with van der Waals surface area (Å²) in [7, 11) is 0. The van der Waals surface area contributed by atoms with Gasteiger partial charge in [-0.15, -0.1) is 0 Å². The number of carbonyl (C=O) groups excluding carboxylic acids is 1. The molecule has 23 heavy (non-hydrogen) atoms. The van der Waals surface area contributed by atoms with Crippen LogP contribution in [-0.2, 0) is 6.42 Å². The number of carbonyl (C=O) groups is 1. The molecule has 4 nitrogen and oxygen atoms in total. The van der Waals surface area contributed by atoms with Crippen LogP contribution in [0.15, 0.2) is 48.8 Å². The van der Waals surface area contributed by atoms with Gasteiger partial charge in [0.25, 0.3) is 5.91 Å². The third-order valence-electron chi connectivity index (χ3n) is 4.34. The summed E-state index contributed by atoms with van der Waals surface area (Å²) < 4.78 is 0. The number of benzene rings is 1. The Morgan fingerprint density at radius 1 is 1.30 bits per heavy atom. The zero-order chi connectivity index (χ0) is 15.9. The van der Waals surface area contributed by atoms with Gasteiger partial charge in [-0.3, -0.25) is 9.78 Å². The van der Waals surface area contributed by atoms with Crippen LogP contribution in [0.2, 0.25) is 0 Å². The maximum Gasteiger partial charge on any atom is 0.251 e. The van der Waals surface area contributed by atoms with Gasteiger partial charge in [-0.05, 0) is 61.1 Å². The Kier molecular flexibility index (Phi) is 5.37. The van der Waals surface area contributed by atoms with Crippen LogP contribution < -0.4 is 10.6 Å². The van der Waals surface area contributed by atoms with Gasteiger partial charge in [0, 0.05) is 31.0 Å². The van der Waals surface area contributed by atoms with Gasteiger partial charge in [-0.25, -0.2) is 0 Å². The van der Waals surface area contributed by atoms with Gasteiger partial charge < -0.3 is 10.6 Å². The summed E-state index contributed by atoms with van der Waals surface area (Å²) in [5.74, 6) is 0.520. The molecule has 1 aromatic heterocycles. The van der Waals surface area contributed by atoms with Crippen molar-refractivity contribution < 1.29 is 4.79 Å². The van der Waals surface area contributed by atoms with E-state index in [0.29, 0.717) is 12.5 Å². The molecular weight excluding hydrogens is 286 g/mol. The van der Waals surface area contributed by atoms with Crippen LogP contribution in [0.5, 0.6) is 0 Å². The largest absolute Gasteiger partial charge is 0.352 e. The number of hydrogen-bond acceptors (Lipinski definition) is 3. The van der Waals surface area contributed by atoms with E-state index in [-0.39, 0.29) is 5.91 Å². The van der Waals surface area contributed by atoms with Crippen LogP contribution >= 0.6 is 0 Å². The van der Waals surface area contributed by atoms with E-state index in [1.54, 1.807) is 6.20 Å². The molecule has 1 amide bonds. The highest BCUT2D eigenvalue weighted by molar-refractivity contribution is 5.94. The molecule has 1 unspecified atom stereocenters. The lowest BCUT2D eigenvalue weighted by Gasteiger charge is -2.23. The number of nitrogens with one attached hydrogen (secondary N) is 2. The molecule has 1 aliphatic rings. The van der Waals surface area contributed by atoms with Crippen molar-refractivity contribution in [2.75, 3.05) is 19.6 Å². The van der Waals surface area contributed by atoms with Gasteiger partial charge in [0.15, 0.2) is 0 Å². The second-order valence-electron chi connectivity index (χ2n) is 6.04. The number of nitrogens with zero attached hydrogens (tertiary/aromatic N) is 1. The third kappa shape index (κ3) is 4.39. The van der Waals surface area contributed by atoms with Crippen LogP contribution in [0.4, 0.5) is 0 Å². The van der Waals surface area contributed by atoms with Crippen molar-refractivity contribution in [2.45, 2.75) is 25.2 Å². The smallest absolute Gasteiger partial charge is 0.251 e. The van der Waals surface area contributed by atoms with Crippen molar-refractivity contribution in [1.29, 1.82) is 0 Å². The molecule has 1 aromatic carbocycles. The number of amides is 1. The van der Waals surface area contributed by atoms with Gasteiger partial charge >= 0.3 is 0 Å². The number of hydrogen-bond donors (Lipinski definition) is 2. The molecule has 0 spiro atoms. The Bertz CT molecular complexity index is 636. The van der Waals surface area contributed by atoms with Crippen molar-refractivity contribution in [3.8, 4) is 0 Å². The second-order valence-corrected chi connectivity index (χ2v) is 6.04. The number of rotatable bonds is 5. The molecule has 0 bridgehead atoms. The average Bonchev–Trinajstić information content (AvgIpc) is 2.63. The Hall–Kier alpha value is -2.20. The van der Waals surface area contributed by atoms with E-state index in [9.17, 15) is 4.79 Å². The first-order valence-electron chi connectivity index (χ1n) is 8.31. The first kappa shape index (κ1) is 15.7. The summed E-state index contributed by atoms with van der Waals surface area (Å²) in [4.78, 5) is 16.4. The quantitative estimate of drug-likeness (QED) is 0.892. The molecular formula is C19H23N3O. The highest BCUT2D eigenvalue weighted by Gasteiger charge is 2.16. The molecule has 1 aliphatic heterocycles. The molecule has 0 radical (unpaired) electrons. The lowest BCUT2D eigenvalue weighted by Crippen LogP contribution is -2.29. The normalized spacial score (nSPS) is 17.7. The van der Waals surface area contributed by atoms with Gasteiger partial charge in [-0.2, -0.15) is 0 Å². The summed E-state index contributed by atoms with van der Waals surface area (Å²) in [5.41, 5.74) is 3.14. The molecule has 0 saturated carbocycles. The molecule has 3 rings (SSSR count). The molecule has 2 N–H and O–H groups in total. The highest BCUT2D eigenvalue weighted by Crippen LogP contribution is 2.23. The zero-order valence-corrected chi connectivity index (χ0v) is 13.3. The number of aromatic nitrogens is 1. The monoisotopic (exact) mass is 309 g/mol. The predicted octanol–water partition coefficient (Wildman–Crippen LogP) is 2.52. The van der Waals surface area contributed by atoms with Gasteiger partial charge in [0.05, 0.1) is 0 Å². The van der Waals surface area contributed by atoms with Gasteiger partial charge in [0.2, 0.25) is 0 Å². The van der Waals surface area contributed by atoms with Crippen LogP contribution in [0.1, 0.15) is 40.2 Å². The first-order valence-corrected chi connectivity index (χ1v) is 8.31. The van der Waals surface area contributed by atoms with E-state index >= 15 is 0 Å². The SMILES string of the molecule is O=C(NCCc1cccnc1)c1cccc(C2CCCNC2)c1. The summed E-state index contributed by atoms with van der Waals surface area (Å²) in [5, 5.41) is 6.42. The predicted molar refractivity (Wildman–Crippen MR) is 91.6 cm³/mol. The second kappa shape index (κ2) is 7.88. The van der Waals surface area contributed by atoms with Crippen molar-refractivity contribution in [3.63, 3.8) is 0 Å². The molecule has 1 atom stereocenters. The zero-order valence-electron chi connectivity index (χ0n) is 13.3. The van der Waals surface area contributed by atoms with Crippen molar-refractivity contribution in [1.82, 2.24) is 15.6 Å². The topological polar surface area (TPSA) is 54.0 Å². The minimum Gasteiger partial charge on any atom is -0.352 e. The minimum atomic E-state index is -0.000455. The lowest BCUT2D eigenvalue weighted by molar-refractivity contribution is 0.0954. The third-order valence-corrected chi connectivity index (χ3v) is 4.34. The molecule has 0 aliphatic carbocycles. The van der Waals surface area contributed by atoms with E-state index in [1.165, 1.54) is 18.4 Å². The summed E-state index contributed by atoms with van der Waals surface area (Å²) in [6.07, 6.45) is 6.79. The maximum absolute atomic E-state index is 12.3. The molecule has 1 saturated heterocycles. The van der Waals surface area contributed by atoms with Crippen LogP contribution in [-0.4, -0.2) is 30.5 Å². The standard InChI is InChI=1S/C19H23N3O/c23-19(22-11-8-15-4-2-9-20-13-15)17-6-1-5-16(12-17)18-7-3-10-21-14-18/h1-2,4-6,9,12-13,18,21H,3,7-8,10-11,14H2,(H,22,23). The minimum absolute atomic E-state index is 0.000455. The van der Waals surface area contributed by atoms with Crippen molar-refractivity contribution in [3.05, 3.63) is 65.5 Å². The van der Waals surface area contributed by atoms with Crippen LogP contribution in [0, 0.1) is 0 Å². The number of pyridine rings is 1. The Balaban J connectivity index is 1.56. The number of piperidine rings is 1. The summed E-state index contributed by atoms with van der Waals surface area (Å²) in [6, 6.07) is 12.0. The Morgan fingerprint density at radius 3 is 3.04 bits per heavy atom. The Morgan fingerprint density at radius 2 is 2.26 bits per heavy atom. The van der Waals surface area contributed by atoms with Gasteiger partial charge in [-0.1, -0.05) is 18.2 Å². The Labute approximate surface area is 137 Å². The first-order chi connectivity index (χ1) is 11.3. The van der Waals surface area contributed by atoms with Crippen molar-refractivity contribution >= 4 is 5.91 Å². The fourth-order valence-electron chi connectivity index (χ4n) is 3.04. The molecule has 2 heterocycles. The van der Waals surface area contributed by atoms with E-state index in [0.717, 1.165) is 30.6 Å².